The summed E-state index contributed by atoms with van der Waals surface area (Å²) in [6.07, 6.45) is 0. The Kier molecular flexibility index (Phi) is 4.53. The summed E-state index contributed by atoms with van der Waals surface area (Å²) in [6.45, 7) is 4.24. The second kappa shape index (κ2) is 5.18. The third kappa shape index (κ3) is 5.29. The predicted molar refractivity (Wildman–Crippen MR) is 49.7 cm³/mol. The number of amides is 2. The van der Waals surface area contributed by atoms with Gasteiger partial charge in [-0.25, -0.2) is 4.79 Å². The van der Waals surface area contributed by atoms with Crippen molar-refractivity contribution in [3.63, 3.8) is 0 Å². The van der Waals surface area contributed by atoms with E-state index >= 15 is 0 Å². The van der Waals surface area contributed by atoms with E-state index in [-0.39, 0.29) is 0 Å². The lowest BCUT2D eigenvalue weighted by molar-refractivity contribution is 0.256. The summed E-state index contributed by atoms with van der Waals surface area (Å²) in [4.78, 5) is 9.00. The zero-order chi connectivity index (χ0) is 9.56. The lowest BCUT2D eigenvalue weighted by Crippen LogP contribution is -2.18. The van der Waals surface area contributed by atoms with Crippen molar-refractivity contribution >= 4 is 6.03 Å². The van der Waals surface area contributed by atoms with Gasteiger partial charge in [-0.2, -0.15) is 0 Å². The van der Waals surface area contributed by atoms with E-state index in [9.17, 15) is 0 Å². The van der Waals surface area contributed by atoms with Crippen LogP contribution in [0.4, 0.5) is 4.79 Å². The average molecular weight is 166 g/mol. The molecule has 3 nitrogen and oxygen atoms in total. The van der Waals surface area contributed by atoms with Gasteiger partial charge >= 0.3 is 6.03 Å². The summed E-state index contributed by atoms with van der Waals surface area (Å²) in [5.74, 6) is 0. The third-order valence-corrected chi connectivity index (χ3v) is 1.43. The van der Waals surface area contributed by atoms with Gasteiger partial charge in [-0.3, -0.25) is 0 Å². The Morgan fingerprint density at radius 2 is 1.33 bits per heavy atom. The average Bonchev–Trinajstić information content (AvgIpc) is 1.94. The van der Waals surface area contributed by atoms with Crippen molar-refractivity contribution in [2.75, 3.05) is 0 Å². The predicted octanol–water partition coefficient (Wildman–Crippen LogP) is 1.33. The number of carbonyl (C=O) groups excluding carboxylic acids is 1. The maximum Gasteiger partial charge on any atom is 0.309 e. The number of rotatable bonds is 0. The molecule has 0 radical (unpaired) electrons. The van der Waals surface area contributed by atoms with Gasteiger partial charge in [-0.05, 0) is 25.0 Å². The second-order valence-electron chi connectivity index (χ2n) is 2.49. The highest BCUT2D eigenvalue weighted by Gasteiger charge is 1.83. The van der Waals surface area contributed by atoms with Crippen LogP contribution in [0.25, 0.3) is 0 Å². The van der Waals surface area contributed by atoms with Crippen LogP contribution in [0.5, 0.6) is 0 Å². The molecule has 3 heteroatoms. The quantitative estimate of drug-likeness (QED) is 0.599. The molecule has 0 heterocycles. The van der Waals surface area contributed by atoms with Crippen LogP contribution < -0.4 is 11.5 Å². The van der Waals surface area contributed by atoms with E-state index in [1.54, 1.807) is 0 Å². The van der Waals surface area contributed by atoms with Crippen LogP contribution in [-0.4, -0.2) is 6.03 Å². The highest BCUT2D eigenvalue weighted by atomic mass is 16.2. The van der Waals surface area contributed by atoms with Gasteiger partial charge in [0.2, 0.25) is 0 Å². The highest BCUT2D eigenvalue weighted by Crippen LogP contribution is 2.02. The Balaban J connectivity index is 0.000000261. The van der Waals surface area contributed by atoms with E-state index in [1.165, 1.54) is 11.1 Å². The molecule has 0 spiro atoms. The Morgan fingerprint density at radius 3 is 1.50 bits per heavy atom. The molecule has 0 atom stereocenters. The normalized spacial score (nSPS) is 8.17. The van der Waals surface area contributed by atoms with Gasteiger partial charge in [0.15, 0.2) is 0 Å². The summed E-state index contributed by atoms with van der Waals surface area (Å²) in [5, 5.41) is 0. The molecule has 0 fully saturated rings. The number of hydrogen-bond donors (Lipinski definition) is 2. The second-order valence-corrected chi connectivity index (χ2v) is 2.49. The standard InChI is InChI=1S/C8H10.CH4N2O/c1-7-5-3-4-6-8(7)2;2-1(3)4/h3-6H,1-2H3;(H4,2,3,4). The topological polar surface area (TPSA) is 69.1 Å². The number of urea groups is 1. The van der Waals surface area contributed by atoms with Gasteiger partial charge in [0.05, 0.1) is 0 Å². The Labute approximate surface area is 72.4 Å². The van der Waals surface area contributed by atoms with Crippen LogP contribution in [-0.2, 0) is 0 Å². The number of carbonyl (C=O) groups is 1. The minimum absolute atomic E-state index is 0.833. The van der Waals surface area contributed by atoms with Crippen LogP contribution >= 0.6 is 0 Å². The van der Waals surface area contributed by atoms with Crippen molar-refractivity contribution in [2.24, 2.45) is 11.5 Å². The monoisotopic (exact) mass is 166 g/mol. The molecular formula is C9H14N2O. The van der Waals surface area contributed by atoms with Crippen molar-refractivity contribution in [3.8, 4) is 0 Å². The van der Waals surface area contributed by atoms with Crippen molar-refractivity contribution < 1.29 is 4.79 Å². The first-order valence-electron chi connectivity index (χ1n) is 3.61. The van der Waals surface area contributed by atoms with Gasteiger partial charge < -0.3 is 11.5 Å². The minimum atomic E-state index is -0.833. The number of hydrogen-bond acceptors (Lipinski definition) is 1. The molecule has 0 aliphatic heterocycles. The van der Waals surface area contributed by atoms with Crippen molar-refractivity contribution in [2.45, 2.75) is 13.8 Å². The Bertz CT molecular complexity index is 233. The minimum Gasteiger partial charge on any atom is -0.352 e. The van der Waals surface area contributed by atoms with E-state index in [4.69, 9.17) is 4.79 Å². The molecule has 0 aliphatic carbocycles. The number of nitrogens with two attached hydrogens (primary N) is 2. The van der Waals surface area contributed by atoms with E-state index in [1.807, 2.05) is 0 Å². The third-order valence-electron chi connectivity index (χ3n) is 1.43. The summed E-state index contributed by atoms with van der Waals surface area (Å²) in [6, 6.07) is 7.52. The number of aryl methyl sites for hydroxylation is 2. The van der Waals surface area contributed by atoms with Gasteiger partial charge in [-0.15, -0.1) is 0 Å². The van der Waals surface area contributed by atoms with E-state index in [2.05, 4.69) is 49.6 Å². The van der Waals surface area contributed by atoms with Gasteiger partial charge in [0, 0.05) is 0 Å². The van der Waals surface area contributed by atoms with Crippen LogP contribution in [0.3, 0.4) is 0 Å². The molecule has 0 saturated carbocycles. The zero-order valence-electron chi connectivity index (χ0n) is 7.37. The SMILES string of the molecule is Cc1ccccc1C.NC(N)=O. The number of benzene rings is 1. The Morgan fingerprint density at radius 1 is 1.08 bits per heavy atom. The molecule has 1 aromatic rings. The molecule has 0 saturated heterocycles. The van der Waals surface area contributed by atoms with Crippen LogP contribution in [0.1, 0.15) is 11.1 Å². The molecule has 4 N–H and O–H groups in total. The zero-order valence-corrected chi connectivity index (χ0v) is 7.37. The summed E-state index contributed by atoms with van der Waals surface area (Å²) >= 11 is 0. The Hall–Kier alpha value is -1.51. The first-order chi connectivity index (χ1) is 5.54. The molecular weight excluding hydrogens is 152 g/mol. The summed E-state index contributed by atoms with van der Waals surface area (Å²) in [7, 11) is 0. The summed E-state index contributed by atoms with van der Waals surface area (Å²) < 4.78 is 0. The van der Waals surface area contributed by atoms with Crippen LogP contribution in [0.15, 0.2) is 24.3 Å². The lowest BCUT2D eigenvalue weighted by atomic mass is 10.1. The molecule has 0 aromatic heterocycles. The first-order valence-corrected chi connectivity index (χ1v) is 3.61. The molecule has 2 amide bonds. The van der Waals surface area contributed by atoms with Crippen molar-refractivity contribution in [3.05, 3.63) is 35.4 Å². The van der Waals surface area contributed by atoms with Crippen molar-refractivity contribution in [1.29, 1.82) is 0 Å². The fourth-order valence-electron chi connectivity index (χ4n) is 0.663. The fraction of sp³-hybridized carbons (Fsp3) is 0.222. The van der Waals surface area contributed by atoms with E-state index in [0.29, 0.717) is 0 Å². The molecule has 66 valence electrons. The van der Waals surface area contributed by atoms with Gasteiger partial charge in [-0.1, -0.05) is 24.3 Å². The first kappa shape index (κ1) is 10.5. The van der Waals surface area contributed by atoms with E-state index in [0.717, 1.165) is 0 Å². The molecule has 1 aromatic carbocycles. The highest BCUT2D eigenvalue weighted by molar-refractivity contribution is 5.69. The van der Waals surface area contributed by atoms with Gasteiger partial charge in [0.25, 0.3) is 0 Å². The molecule has 1 rings (SSSR count). The molecule has 0 bridgehead atoms. The van der Waals surface area contributed by atoms with Gasteiger partial charge in [0.1, 0.15) is 0 Å². The molecule has 0 unspecified atom stereocenters. The number of primary amides is 2. The largest absolute Gasteiger partial charge is 0.352 e. The fourth-order valence-corrected chi connectivity index (χ4v) is 0.663. The van der Waals surface area contributed by atoms with Crippen LogP contribution in [0, 0.1) is 13.8 Å². The van der Waals surface area contributed by atoms with Crippen LogP contribution in [0.2, 0.25) is 0 Å². The lowest BCUT2D eigenvalue weighted by Gasteiger charge is -1.93. The summed E-state index contributed by atoms with van der Waals surface area (Å²) in [5.41, 5.74) is 11.2. The van der Waals surface area contributed by atoms with Crippen molar-refractivity contribution in [1.82, 2.24) is 0 Å². The molecule has 0 aliphatic rings. The smallest absolute Gasteiger partial charge is 0.309 e. The van der Waals surface area contributed by atoms with E-state index < -0.39 is 6.03 Å². The maximum absolute atomic E-state index is 9.00. The maximum atomic E-state index is 9.00. The molecule has 12 heavy (non-hydrogen) atoms.